The number of carbonyl (C=O) groups is 3. The predicted molar refractivity (Wildman–Crippen MR) is 147 cm³/mol. The van der Waals surface area contributed by atoms with Crippen LogP contribution in [-0.4, -0.2) is 63.3 Å². The van der Waals surface area contributed by atoms with E-state index in [2.05, 4.69) is 20.1 Å². The monoisotopic (exact) mass is 555 g/mol. The molecule has 4 aromatic rings. The van der Waals surface area contributed by atoms with Crippen LogP contribution >= 0.6 is 0 Å². The van der Waals surface area contributed by atoms with Crippen molar-refractivity contribution in [2.45, 2.75) is 30.5 Å². The van der Waals surface area contributed by atoms with Gasteiger partial charge in [-0.25, -0.2) is 8.78 Å². The Labute approximate surface area is 233 Å². The molecule has 9 nitrogen and oxygen atoms in total. The summed E-state index contributed by atoms with van der Waals surface area (Å²) in [7, 11) is 1.44. The molecule has 2 aliphatic rings. The molecule has 2 aromatic carbocycles. The smallest absolute Gasteiger partial charge is 0.348 e. The summed E-state index contributed by atoms with van der Waals surface area (Å²) < 4.78 is 28.7. The van der Waals surface area contributed by atoms with Gasteiger partial charge in [-0.2, -0.15) is 0 Å². The van der Waals surface area contributed by atoms with Crippen molar-refractivity contribution in [2.24, 2.45) is 0 Å². The normalized spacial score (nSPS) is 20.1. The number of nitrogens with one attached hydrogen (secondary N) is 2. The number of halogens is 2. The highest BCUT2D eigenvalue weighted by molar-refractivity contribution is 6.07. The molecule has 3 amide bonds. The number of para-hydroxylation sites is 1. The summed E-state index contributed by atoms with van der Waals surface area (Å²) in [6.07, 6.45) is 2.61. The molecule has 11 heteroatoms. The Morgan fingerprint density at radius 1 is 1.20 bits per heavy atom. The largest absolute Gasteiger partial charge is 0.350 e. The van der Waals surface area contributed by atoms with Gasteiger partial charge < -0.3 is 15.2 Å². The third-order valence-electron chi connectivity index (χ3n) is 8.06. The number of aromatic amines is 1. The van der Waals surface area contributed by atoms with Crippen molar-refractivity contribution in [3.63, 3.8) is 0 Å². The molecule has 0 aliphatic carbocycles. The van der Waals surface area contributed by atoms with Crippen LogP contribution in [0.4, 0.5) is 14.5 Å². The van der Waals surface area contributed by atoms with Crippen LogP contribution in [0, 0.1) is 18.2 Å². The van der Waals surface area contributed by atoms with E-state index in [4.69, 9.17) is 6.57 Å². The fourth-order valence-electron chi connectivity index (χ4n) is 5.89. The van der Waals surface area contributed by atoms with Crippen molar-refractivity contribution in [2.75, 3.05) is 18.9 Å². The van der Waals surface area contributed by atoms with Crippen LogP contribution in [0.1, 0.15) is 28.0 Å². The third-order valence-corrected chi connectivity index (χ3v) is 8.06. The SMILES string of the molecule is C#[N+][C@@H]1C[C@@]2(CN1C(=O)C(Cc1cccnc1)N(C)C(=O)c1cc3c(F)ccc(F)c3[nH]1)C(=O)Nc1ccccc12. The topological polar surface area (TPSA) is 103 Å². The van der Waals surface area contributed by atoms with Crippen molar-refractivity contribution in [1.82, 2.24) is 19.8 Å². The zero-order valence-electron chi connectivity index (χ0n) is 22.0. The first kappa shape index (κ1) is 26.1. The van der Waals surface area contributed by atoms with Gasteiger partial charge in [-0.1, -0.05) is 29.1 Å². The Bertz CT molecular complexity index is 1710. The second-order valence-electron chi connectivity index (χ2n) is 10.4. The molecule has 3 atom stereocenters. The number of pyridine rings is 1. The van der Waals surface area contributed by atoms with Gasteiger partial charge in [0.15, 0.2) is 0 Å². The number of aromatic nitrogens is 2. The first-order chi connectivity index (χ1) is 19.7. The highest BCUT2D eigenvalue weighted by Gasteiger charge is 2.60. The van der Waals surface area contributed by atoms with E-state index in [9.17, 15) is 23.2 Å². The van der Waals surface area contributed by atoms with Gasteiger partial charge in [0.2, 0.25) is 5.91 Å². The van der Waals surface area contributed by atoms with Crippen molar-refractivity contribution in [3.05, 3.63) is 100 Å². The molecule has 206 valence electrons. The molecule has 1 spiro atoms. The number of fused-ring (bicyclic) bond motifs is 3. The van der Waals surface area contributed by atoms with Crippen LogP contribution in [0.25, 0.3) is 15.7 Å². The van der Waals surface area contributed by atoms with Gasteiger partial charge in [-0.3, -0.25) is 24.3 Å². The number of amides is 3. The molecule has 2 aliphatic heterocycles. The Kier molecular flexibility index (Phi) is 6.26. The summed E-state index contributed by atoms with van der Waals surface area (Å²) in [6, 6.07) is 12.9. The molecular formula is C30H25F2N6O3+. The summed E-state index contributed by atoms with van der Waals surface area (Å²) >= 11 is 0. The van der Waals surface area contributed by atoms with E-state index in [1.165, 1.54) is 22.9 Å². The number of likely N-dealkylation sites (tertiary alicyclic amines) is 1. The maximum absolute atomic E-state index is 14.4. The minimum absolute atomic E-state index is 0.00836. The lowest BCUT2D eigenvalue weighted by Crippen LogP contribution is -2.52. The van der Waals surface area contributed by atoms with Crippen LogP contribution in [0.3, 0.4) is 0 Å². The summed E-state index contributed by atoms with van der Waals surface area (Å²) in [5.74, 6) is -2.78. The molecule has 0 radical (unpaired) electrons. The molecule has 1 unspecified atom stereocenters. The molecule has 2 aromatic heterocycles. The van der Waals surface area contributed by atoms with Crippen LogP contribution in [0.2, 0.25) is 0 Å². The standard InChI is InChI=1S/C30H24F2N6O3/c1-33-25-14-30(19-7-3-4-8-22(19)36-29(30)41)16-38(25)28(40)24(12-17-6-5-11-34-15-17)37(2)27(39)23-13-18-20(31)9-10-21(32)26(18)35-23/h1,3-11,13,15,24-25H,12,14,16H2,2H3,(H-,35,36,39,41)/p+1/t24?,25-,30-/m0/s1. The van der Waals surface area contributed by atoms with Crippen LogP contribution in [-0.2, 0) is 21.4 Å². The van der Waals surface area contributed by atoms with E-state index in [0.29, 0.717) is 11.3 Å². The number of likely N-dealkylation sites (N-methyl/N-ethyl adjacent to an activating group) is 1. The average Bonchev–Trinajstić information content (AvgIpc) is 3.68. The van der Waals surface area contributed by atoms with Gasteiger partial charge in [0.1, 0.15) is 28.8 Å². The summed E-state index contributed by atoms with van der Waals surface area (Å²) in [5, 5.41) is 2.81. The molecule has 4 heterocycles. The maximum atomic E-state index is 14.4. The first-order valence-electron chi connectivity index (χ1n) is 13.0. The van der Waals surface area contributed by atoms with E-state index in [-0.39, 0.29) is 41.9 Å². The zero-order valence-corrected chi connectivity index (χ0v) is 22.0. The van der Waals surface area contributed by atoms with Gasteiger partial charge in [0.25, 0.3) is 18.4 Å². The molecule has 2 N–H and O–H groups in total. The lowest BCUT2D eigenvalue weighted by molar-refractivity contribution is -0.136. The fraction of sp³-hybridized carbons (Fsp3) is 0.233. The molecule has 1 fully saturated rings. The minimum atomic E-state index is -1.08. The fourth-order valence-corrected chi connectivity index (χ4v) is 5.89. The van der Waals surface area contributed by atoms with E-state index in [0.717, 1.165) is 17.7 Å². The van der Waals surface area contributed by atoms with E-state index < -0.39 is 41.1 Å². The van der Waals surface area contributed by atoms with Gasteiger partial charge in [0.05, 0.1) is 11.9 Å². The lowest BCUT2D eigenvalue weighted by Gasteiger charge is -2.30. The quantitative estimate of drug-likeness (QED) is 0.390. The lowest BCUT2D eigenvalue weighted by atomic mass is 9.80. The van der Waals surface area contributed by atoms with Crippen LogP contribution in [0.15, 0.2) is 67.0 Å². The number of carbonyl (C=O) groups excluding carboxylic acids is 3. The molecule has 41 heavy (non-hydrogen) atoms. The number of benzene rings is 2. The molecule has 0 bridgehead atoms. The second kappa shape index (κ2) is 9.82. The van der Waals surface area contributed by atoms with Crippen molar-refractivity contribution in [3.8, 4) is 6.57 Å². The number of rotatable bonds is 5. The Morgan fingerprint density at radius 3 is 2.71 bits per heavy atom. The summed E-state index contributed by atoms with van der Waals surface area (Å²) in [4.78, 5) is 54.5. The zero-order chi connectivity index (χ0) is 28.9. The summed E-state index contributed by atoms with van der Waals surface area (Å²) in [6.45, 7) is 5.77. The number of hydrogen-bond acceptors (Lipinski definition) is 4. The first-order valence-corrected chi connectivity index (χ1v) is 13.0. The summed E-state index contributed by atoms with van der Waals surface area (Å²) in [5.41, 5.74) is 0.819. The van der Waals surface area contributed by atoms with Crippen molar-refractivity contribution in [1.29, 1.82) is 0 Å². The Balaban J connectivity index is 1.36. The highest BCUT2D eigenvalue weighted by atomic mass is 19.1. The Morgan fingerprint density at radius 2 is 1.98 bits per heavy atom. The van der Waals surface area contributed by atoms with Crippen molar-refractivity contribution < 1.29 is 23.2 Å². The van der Waals surface area contributed by atoms with E-state index >= 15 is 0 Å². The minimum Gasteiger partial charge on any atom is -0.348 e. The van der Waals surface area contributed by atoms with Crippen LogP contribution < -0.4 is 5.32 Å². The molecule has 1 saturated heterocycles. The van der Waals surface area contributed by atoms with E-state index in [1.807, 2.05) is 18.2 Å². The molecule has 0 saturated carbocycles. The van der Waals surface area contributed by atoms with E-state index in [1.54, 1.807) is 30.6 Å². The number of anilines is 1. The van der Waals surface area contributed by atoms with Crippen LogP contribution in [0.5, 0.6) is 0 Å². The van der Waals surface area contributed by atoms with Gasteiger partial charge >= 0.3 is 6.17 Å². The number of hydrogen-bond donors (Lipinski definition) is 2. The Hall–Kier alpha value is -5.11. The second-order valence-corrected chi connectivity index (χ2v) is 10.4. The maximum Gasteiger partial charge on any atom is 0.350 e. The third kappa shape index (κ3) is 4.19. The van der Waals surface area contributed by atoms with Gasteiger partial charge in [-0.15, -0.1) is 0 Å². The van der Waals surface area contributed by atoms with Gasteiger partial charge in [-0.05, 0) is 41.5 Å². The highest BCUT2D eigenvalue weighted by Crippen LogP contribution is 2.47. The predicted octanol–water partition coefficient (Wildman–Crippen LogP) is 3.94. The number of H-pyrrole nitrogens is 1. The molecule has 6 rings (SSSR count). The van der Waals surface area contributed by atoms with Crippen molar-refractivity contribution >= 4 is 34.3 Å². The molecular weight excluding hydrogens is 530 g/mol. The van der Waals surface area contributed by atoms with Gasteiger partial charge in [0, 0.05) is 43.5 Å². The average molecular weight is 556 g/mol. The number of nitrogens with zero attached hydrogens (tertiary/aromatic N) is 4.